The van der Waals surface area contributed by atoms with E-state index in [1.165, 1.54) is 18.7 Å². The van der Waals surface area contributed by atoms with Crippen LogP contribution in [-0.4, -0.2) is 31.6 Å². The van der Waals surface area contributed by atoms with E-state index >= 15 is 0 Å². The fourth-order valence-electron chi connectivity index (χ4n) is 1.58. The van der Waals surface area contributed by atoms with Crippen LogP contribution in [0.25, 0.3) is 11.2 Å². The Morgan fingerprint density at radius 3 is 2.67 bits per heavy atom. The molecule has 18 heavy (non-hydrogen) atoms. The number of carbonyl (C=O) groups is 1. The number of nitrogens with two attached hydrogens (primary N) is 1. The number of aryl methyl sites for hydroxylation is 1. The summed E-state index contributed by atoms with van der Waals surface area (Å²) >= 11 is 0. The molecule has 0 fully saturated rings. The number of nitrogens with zero attached hydrogens (tertiary/aromatic N) is 3. The highest BCUT2D eigenvalue weighted by Crippen LogP contribution is 2.07. The zero-order chi connectivity index (χ0) is 13.4. The summed E-state index contributed by atoms with van der Waals surface area (Å²) in [7, 11) is 2.88. The molecule has 2 rings (SSSR count). The number of rotatable bonds is 3. The average Bonchev–Trinajstić information content (AvgIpc) is 2.75. The lowest BCUT2D eigenvalue weighted by atomic mass is 10.5. The minimum atomic E-state index is -0.558. The Balaban J connectivity index is 2.61. The van der Waals surface area contributed by atoms with Crippen LogP contribution in [0.1, 0.15) is 0 Å². The van der Waals surface area contributed by atoms with Gasteiger partial charge in [-0.2, -0.15) is 4.98 Å². The third-order valence-corrected chi connectivity index (χ3v) is 2.52. The molecule has 0 unspecified atom stereocenters. The Kier molecular flexibility index (Phi) is 2.66. The number of anilines is 1. The fraction of sp³-hybridized carbons (Fsp3) is 0.333. The molecule has 0 bridgehead atoms. The molecule has 0 aliphatic heterocycles. The van der Waals surface area contributed by atoms with Gasteiger partial charge in [-0.15, -0.1) is 0 Å². The normalized spacial score (nSPS) is 10.8. The highest BCUT2D eigenvalue weighted by molar-refractivity contribution is 5.79. The molecule has 2 aromatic rings. The van der Waals surface area contributed by atoms with Gasteiger partial charge in [-0.25, -0.2) is 4.79 Å². The van der Waals surface area contributed by atoms with Crippen LogP contribution in [-0.2, 0) is 18.9 Å². The van der Waals surface area contributed by atoms with Gasteiger partial charge in [0.15, 0.2) is 11.2 Å². The number of aromatic amines is 1. The SMILES string of the molecule is Cn1c(=O)c2[nH]c(NCC(N)=O)nc2n(C)c1=O. The Labute approximate surface area is 100 Å². The molecule has 1 amide bonds. The summed E-state index contributed by atoms with van der Waals surface area (Å²) in [4.78, 5) is 40.8. The van der Waals surface area contributed by atoms with E-state index in [2.05, 4.69) is 15.3 Å². The van der Waals surface area contributed by atoms with Gasteiger partial charge in [0.1, 0.15) is 0 Å². The third kappa shape index (κ3) is 1.75. The smallest absolute Gasteiger partial charge is 0.332 e. The van der Waals surface area contributed by atoms with E-state index in [1.807, 2.05) is 0 Å². The predicted molar refractivity (Wildman–Crippen MR) is 64.3 cm³/mol. The van der Waals surface area contributed by atoms with Crippen molar-refractivity contribution < 1.29 is 4.79 Å². The standard InChI is InChI=1S/C9H12N6O3/c1-14-6-5(7(17)15(2)9(14)18)12-8(13-6)11-3-4(10)16/h3H2,1-2H3,(H2,10,16)(H2,11,12,13). The van der Waals surface area contributed by atoms with Crippen molar-refractivity contribution in [2.75, 3.05) is 11.9 Å². The van der Waals surface area contributed by atoms with Gasteiger partial charge in [0, 0.05) is 14.1 Å². The highest BCUT2D eigenvalue weighted by Gasteiger charge is 2.13. The van der Waals surface area contributed by atoms with E-state index in [1.54, 1.807) is 0 Å². The molecule has 2 heterocycles. The summed E-state index contributed by atoms with van der Waals surface area (Å²) < 4.78 is 2.21. The largest absolute Gasteiger partial charge is 0.368 e. The van der Waals surface area contributed by atoms with Gasteiger partial charge in [-0.05, 0) is 0 Å². The predicted octanol–water partition coefficient (Wildman–Crippen LogP) is -2.14. The number of nitrogens with one attached hydrogen (secondary N) is 2. The number of aromatic nitrogens is 4. The summed E-state index contributed by atoms with van der Waals surface area (Å²) in [5.41, 5.74) is 4.43. The molecule has 0 atom stereocenters. The molecule has 9 nitrogen and oxygen atoms in total. The van der Waals surface area contributed by atoms with Crippen molar-refractivity contribution >= 4 is 23.0 Å². The number of fused-ring (bicyclic) bond motifs is 1. The lowest BCUT2D eigenvalue weighted by Gasteiger charge is -2.00. The van der Waals surface area contributed by atoms with Crippen molar-refractivity contribution in [1.82, 2.24) is 19.1 Å². The summed E-state index contributed by atoms with van der Waals surface area (Å²) in [6, 6.07) is 0. The lowest BCUT2D eigenvalue weighted by molar-refractivity contribution is -0.116. The Morgan fingerprint density at radius 2 is 2.06 bits per heavy atom. The molecule has 0 saturated heterocycles. The van der Waals surface area contributed by atoms with Crippen LogP contribution in [0.3, 0.4) is 0 Å². The molecule has 9 heteroatoms. The lowest BCUT2D eigenvalue weighted by Crippen LogP contribution is -2.36. The van der Waals surface area contributed by atoms with Crippen molar-refractivity contribution in [3.63, 3.8) is 0 Å². The number of H-pyrrole nitrogens is 1. The number of hydrogen-bond donors (Lipinski definition) is 3. The number of imidazole rings is 1. The maximum Gasteiger partial charge on any atom is 0.332 e. The van der Waals surface area contributed by atoms with Crippen molar-refractivity contribution in [3.05, 3.63) is 20.8 Å². The van der Waals surface area contributed by atoms with Gasteiger partial charge in [0.2, 0.25) is 11.9 Å². The maximum atomic E-state index is 11.8. The number of carbonyl (C=O) groups excluding carboxylic acids is 1. The first-order valence-electron chi connectivity index (χ1n) is 5.09. The summed E-state index contributed by atoms with van der Waals surface area (Å²) in [6.45, 7) is -0.117. The van der Waals surface area contributed by atoms with Gasteiger partial charge in [-0.1, -0.05) is 0 Å². The molecule has 0 aliphatic carbocycles. The molecular weight excluding hydrogens is 240 g/mol. The van der Waals surface area contributed by atoms with Crippen molar-refractivity contribution in [3.8, 4) is 0 Å². The minimum absolute atomic E-state index is 0.117. The quantitative estimate of drug-likeness (QED) is 0.574. The zero-order valence-corrected chi connectivity index (χ0v) is 9.85. The van der Waals surface area contributed by atoms with Crippen LogP contribution in [0.4, 0.5) is 5.95 Å². The van der Waals surface area contributed by atoms with Crippen LogP contribution in [0.5, 0.6) is 0 Å². The first-order chi connectivity index (χ1) is 8.41. The topological polar surface area (TPSA) is 128 Å². The molecule has 0 radical (unpaired) electrons. The van der Waals surface area contributed by atoms with Gasteiger partial charge in [0.25, 0.3) is 5.56 Å². The molecule has 2 aromatic heterocycles. The molecule has 4 N–H and O–H groups in total. The maximum absolute atomic E-state index is 11.8. The first kappa shape index (κ1) is 11.9. The van der Waals surface area contributed by atoms with Gasteiger partial charge >= 0.3 is 5.69 Å². The summed E-state index contributed by atoms with van der Waals surface area (Å²) in [5, 5.41) is 2.62. The highest BCUT2D eigenvalue weighted by atomic mass is 16.2. The van der Waals surface area contributed by atoms with Crippen LogP contribution >= 0.6 is 0 Å². The first-order valence-corrected chi connectivity index (χ1v) is 5.09. The monoisotopic (exact) mass is 252 g/mol. The van der Waals surface area contributed by atoms with Gasteiger partial charge in [-0.3, -0.25) is 18.7 Å². The Hall–Kier alpha value is -2.58. The molecular formula is C9H12N6O3. The van der Waals surface area contributed by atoms with Crippen LogP contribution < -0.4 is 22.3 Å². The van der Waals surface area contributed by atoms with E-state index in [0.29, 0.717) is 0 Å². The molecule has 0 aromatic carbocycles. The fourth-order valence-corrected chi connectivity index (χ4v) is 1.58. The number of primary amides is 1. The zero-order valence-electron chi connectivity index (χ0n) is 9.85. The van der Waals surface area contributed by atoms with Crippen LogP contribution in [0, 0.1) is 0 Å². The molecule has 0 saturated carbocycles. The molecule has 0 aliphatic rings. The van der Waals surface area contributed by atoms with E-state index < -0.39 is 17.2 Å². The van der Waals surface area contributed by atoms with Crippen LogP contribution in [0.2, 0.25) is 0 Å². The number of amides is 1. The minimum Gasteiger partial charge on any atom is -0.368 e. The van der Waals surface area contributed by atoms with Crippen molar-refractivity contribution in [1.29, 1.82) is 0 Å². The summed E-state index contributed by atoms with van der Waals surface area (Å²) in [6.07, 6.45) is 0. The van der Waals surface area contributed by atoms with Gasteiger partial charge < -0.3 is 16.0 Å². The van der Waals surface area contributed by atoms with Gasteiger partial charge in [0.05, 0.1) is 6.54 Å². The summed E-state index contributed by atoms with van der Waals surface area (Å²) in [5.74, 6) is -0.348. The van der Waals surface area contributed by atoms with Crippen LogP contribution in [0.15, 0.2) is 9.59 Å². The van der Waals surface area contributed by atoms with Crippen molar-refractivity contribution in [2.45, 2.75) is 0 Å². The molecule has 0 spiro atoms. The van der Waals surface area contributed by atoms with E-state index in [0.717, 1.165) is 4.57 Å². The van der Waals surface area contributed by atoms with E-state index in [4.69, 9.17) is 5.73 Å². The molecule has 96 valence electrons. The average molecular weight is 252 g/mol. The second-order valence-corrected chi connectivity index (χ2v) is 3.81. The Bertz CT molecular complexity index is 737. The second-order valence-electron chi connectivity index (χ2n) is 3.81. The van der Waals surface area contributed by atoms with Crippen molar-refractivity contribution in [2.24, 2.45) is 19.8 Å². The van der Waals surface area contributed by atoms with E-state index in [-0.39, 0.29) is 23.7 Å². The van der Waals surface area contributed by atoms with E-state index in [9.17, 15) is 14.4 Å². The second kappa shape index (κ2) is 4.02. The Morgan fingerprint density at radius 1 is 1.39 bits per heavy atom. The number of hydrogen-bond acceptors (Lipinski definition) is 5. The third-order valence-electron chi connectivity index (χ3n) is 2.52.